The van der Waals surface area contributed by atoms with E-state index in [0.717, 1.165) is 25.4 Å². The van der Waals surface area contributed by atoms with Gasteiger partial charge < -0.3 is 14.8 Å². The second-order valence-corrected chi connectivity index (χ2v) is 3.87. The van der Waals surface area contributed by atoms with Crippen LogP contribution in [0.5, 0.6) is 0 Å². The standard InChI is InChI=1S/C12H22N2O2/c1-3-13-8-11(15)9-14(4-2)10-12-6-5-7-16-12/h5-7,11,13,15H,3-4,8-10H2,1-2H3. The van der Waals surface area contributed by atoms with Gasteiger partial charge in [0.2, 0.25) is 0 Å². The first-order chi connectivity index (χ1) is 7.76. The molecule has 1 unspecified atom stereocenters. The third-order valence-corrected chi connectivity index (χ3v) is 2.51. The highest BCUT2D eigenvalue weighted by Crippen LogP contribution is 2.05. The first-order valence-corrected chi connectivity index (χ1v) is 5.89. The smallest absolute Gasteiger partial charge is 0.117 e. The van der Waals surface area contributed by atoms with E-state index in [2.05, 4.69) is 17.1 Å². The monoisotopic (exact) mass is 226 g/mol. The van der Waals surface area contributed by atoms with Crippen molar-refractivity contribution in [2.75, 3.05) is 26.2 Å². The van der Waals surface area contributed by atoms with Crippen molar-refractivity contribution < 1.29 is 9.52 Å². The summed E-state index contributed by atoms with van der Waals surface area (Å²) in [7, 11) is 0. The first-order valence-electron chi connectivity index (χ1n) is 5.89. The molecule has 1 heterocycles. The molecule has 0 fully saturated rings. The molecule has 4 nitrogen and oxygen atoms in total. The van der Waals surface area contributed by atoms with Crippen molar-refractivity contribution in [3.05, 3.63) is 24.2 Å². The molecule has 16 heavy (non-hydrogen) atoms. The fraction of sp³-hybridized carbons (Fsp3) is 0.667. The zero-order chi connectivity index (χ0) is 11.8. The Hall–Kier alpha value is -0.840. The number of aliphatic hydroxyl groups is 1. The molecular formula is C12H22N2O2. The third kappa shape index (κ3) is 4.79. The lowest BCUT2D eigenvalue weighted by Crippen LogP contribution is -2.37. The summed E-state index contributed by atoms with van der Waals surface area (Å²) in [6.07, 6.45) is 1.35. The summed E-state index contributed by atoms with van der Waals surface area (Å²) in [5.41, 5.74) is 0. The predicted octanol–water partition coefficient (Wildman–Crippen LogP) is 1.07. The quantitative estimate of drug-likeness (QED) is 0.696. The average Bonchev–Trinajstić information content (AvgIpc) is 2.78. The molecule has 0 spiro atoms. The molecule has 1 aromatic heterocycles. The molecule has 0 bridgehead atoms. The van der Waals surface area contributed by atoms with Crippen LogP contribution in [0.1, 0.15) is 19.6 Å². The summed E-state index contributed by atoms with van der Waals surface area (Å²) in [5.74, 6) is 0.942. The average molecular weight is 226 g/mol. The summed E-state index contributed by atoms with van der Waals surface area (Å²) in [6.45, 7) is 7.99. The molecule has 2 N–H and O–H groups in total. The van der Waals surface area contributed by atoms with Gasteiger partial charge in [-0.15, -0.1) is 0 Å². The van der Waals surface area contributed by atoms with Crippen molar-refractivity contribution in [3.63, 3.8) is 0 Å². The molecule has 0 aliphatic heterocycles. The molecule has 0 radical (unpaired) electrons. The van der Waals surface area contributed by atoms with E-state index in [1.165, 1.54) is 0 Å². The van der Waals surface area contributed by atoms with E-state index in [9.17, 15) is 5.11 Å². The van der Waals surface area contributed by atoms with Gasteiger partial charge in [0, 0.05) is 13.1 Å². The minimum absolute atomic E-state index is 0.324. The van der Waals surface area contributed by atoms with Crippen LogP contribution in [-0.4, -0.2) is 42.3 Å². The molecule has 0 aliphatic carbocycles. The fourth-order valence-corrected chi connectivity index (χ4v) is 1.60. The van der Waals surface area contributed by atoms with E-state index in [-0.39, 0.29) is 6.10 Å². The summed E-state index contributed by atoms with van der Waals surface area (Å²) < 4.78 is 5.29. The van der Waals surface area contributed by atoms with Crippen LogP contribution in [0.25, 0.3) is 0 Å². The van der Waals surface area contributed by atoms with Gasteiger partial charge in [-0.25, -0.2) is 0 Å². The minimum Gasteiger partial charge on any atom is -0.468 e. The second-order valence-electron chi connectivity index (χ2n) is 3.87. The van der Waals surface area contributed by atoms with Gasteiger partial charge in [0.1, 0.15) is 5.76 Å². The maximum Gasteiger partial charge on any atom is 0.117 e. The van der Waals surface area contributed by atoms with E-state index >= 15 is 0 Å². The minimum atomic E-state index is -0.324. The van der Waals surface area contributed by atoms with E-state index in [0.29, 0.717) is 13.1 Å². The Morgan fingerprint density at radius 3 is 2.88 bits per heavy atom. The van der Waals surface area contributed by atoms with Gasteiger partial charge in [0.05, 0.1) is 18.9 Å². The van der Waals surface area contributed by atoms with E-state index < -0.39 is 0 Å². The highest BCUT2D eigenvalue weighted by atomic mass is 16.3. The number of nitrogens with one attached hydrogen (secondary N) is 1. The van der Waals surface area contributed by atoms with Crippen LogP contribution in [0.15, 0.2) is 22.8 Å². The number of furan rings is 1. The summed E-state index contributed by atoms with van der Waals surface area (Å²) in [4.78, 5) is 2.17. The van der Waals surface area contributed by atoms with Crippen molar-refractivity contribution >= 4 is 0 Å². The van der Waals surface area contributed by atoms with Gasteiger partial charge in [-0.1, -0.05) is 13.8 Å². The lowest BCUT2D eigenvalue weighted by atomic mass is 10.3. The molecule has 0 aromatic carbocycles. The number of aliphatic hydroxyl groups excluding tert-OH is 1. The Labute approximate surface area is 97.2 Å². The fourth-order valence-electron chi connectivity index (χ4n) is 1.60. The number of hydrogen-bond donors (Lipinski definition) is 2. The van der Waals surface area contributed by atoms with Crippen LogP contribution < -0.4 is 5.32 Å². The SMILES string of the molecule is CCNCC(O)CN(CC)Cc1ccco1. The molecule has 1 aromatic rings. The second kappa shape index (κ2) is 7.44. The van der Waals surface area contributed by atoms with Gasteiger partial charge in [-0.3, -0.25) is 4.90 Å². The van der Waals surface area contributed by atoms with Crippen LogP contribution >= 0.6 is 0 Å². The summed E-state index contributed by atoms with van der Waals surface area (Å²) in [6, 6.07) is 3.84. The largest absolute Gasteiger partial charge is 0.468 e. The van der Waals surface area contributed by atoms with Gasteiger partial charge in [0.25, 0.3) is 0 Å². The summed E-state index contributed by atoms with van der Waals surface area (Å²) in [5, 5.41) is 12.9. The van der Waals surface area contributed by atoms with Crippen molar-refractivity contribution in [3.8, 4) is 0 Å². The van der Waals surface area contributed by atoms with Gasteiger partial charge in [0.15, 0.2) is 0 Å². The highest BCUT2D eigenvalue weighted by molar-refractivity contribution is 4.97. The molecule has 1 atom stereocenters. The molecule has 0 amide bonds. The van der Waals surface area contributed by atoms with E-state index in [1.54, 1.807) is 6.26 Å². The molecule has 4 heteroatoms. The zero-order valence-electron chi connectivity index (χ0n) is 10.1. The molecule has 0 aliphatic rings. The number of rotatable bonds is 8. The third-order valence-electron chi connectivity index (χ3n) is 2.51. The Balaban J connectivity index is 2.31. The lowest BCUT2D eigenvalue weighted by Gasteiger charge is -2.22. The van der Waals surface area contributed by atoms with Crippen LogP contribution in [0.3, 0.4) is 0 Å². The van der Waals surface area contributed by atoms with Crippen LogP contribution in [-0.2, 0) is 6.54 Å². The Kier molecular flexibility index (Phi) is 6.15. The van der Waals surface area contributed by atoms with E-state index in [1.807, 2.05) is 19.1 Å². The molecule has 0 saturated heterocycles. The zero-order valence-corrected chi connectivity index (χ0v) is 10.1. The number of hydrogen-bond acceptors (Lipinski definition) is 4. The van der Waals surface area contributed by atoms with Gasteiger partial charge >= 0.3 is 0 Å². The topological polar surface area (TPSA) is 48.6 Å². The number of likely N-dealkylation sites (N-methyl/N-ethyl adjacent to an activating group) is 2. The molecule has 1 rings (SSSR count). The Morgan fingerprint density at radius 1 is 1.50 bits per heavy atom. The van der Waals surface area contributed by atoms with Crippen LogP contribution in [0.2, 0.25) is 0 Å². The lowest BCUT2D eigenvalue weighted by molar-refractivity contribution is 0.107. The normalized spacial score (nSPS) is 13.2. The number of nitrogens with zero attached hydrogens (tertiary/aromatic N) is 1. The Morgan fingerprint density at radius 2 is 2.31 bits per heavy atom. The van der Waals surface area contributed by atoms with Crippen molar-refractivity contribution in [2.24, 2.45) is 0 Å². The van der Waals surface area contributed by atoms with Crippen molar-refractivity contribution in [1.29, 1.82) is 0 Å². The Bertz CT molecular complexity index is 262. The van der Waals surface area contributed by atoms with Gasteiger partial charge in [-0.2, -0.15) is 0 Å². The maximum atomic E-state index is 9.78. The molecular weight excluding hydrogens is 204 g/mol. The van der Waals surface area contributed by atoms with E-state index in [4.69, 9.17) is 4.42 Å². The highest BCUT2D eigenvalue weighted by Gasteiger charge is 2.11. The van der Waals surface area contributed by atoms with Crippen LogP contribution in [0, 0.1) is 0 Å². The maximum absolute atomic E-state index is 9.78. The predicted molar refractivity (Wildman–Crippen MR) is 64.2 cm³/mol. The van der Waals surface area contributed by atoms with Gasteiger partial charge in [-0.05, 0) is 25.2 Å². The van der Waals surface area contributed by atoms with Crippen molar-refractivity contribution in [2.45, 2.75) is 26.5 Å². The van der Waals surface area contributed by atoms with Crippen LogP contribution in [0.4, 0.5) is 0 Å². The first kappa shape index (κ1) is 13.2. The molecule has 0 saturated carbocycles. The summed E-state index contributed by atoms with van der Waals surface area (Å²) >= 11 is 0. The molecule has 92 valence electrons. The van der Waals surface area contributed by atoms with Crippen molar-refractivity contribution in [1.82, 2.24) is 10.2 Å².